The molecule has 0 aliphatic rings. The van der Waals surface area contributed by atoms with E-state index in [1.54, 1.807) is 18.2 Å². The molecule has 0 saturated heterocycles. The minimum absolute atomic E-state index is 0.265. The lowest BCUT2D eigenvalue weighted by atomic mass is 10.0. The molecule has 3 nitrogen and oxygen atoms in total. The summed E-state index contributed by atoms with van der Waals surface area (Å²) in [6.07, 6.45) is 54.8. The van der Waals surface area contributed by atoms with Crippen LogP contribution in [0, 0.1) is 48.4 Å². The first-order valence-corrected chi connectivity index (χ1v) is 19.5. The van der Waals surface area contributed by atoms with Crippen LogP contribution in [0.4, 0.5) is 0 Å². The second-order valence-corrected chi connectivity index (χ2v) is 12.9. The van der Waals surface area contributed by atoms with Crippen LogP contribution >= 0.6 is 0 Å². The van der Waals surface area contributed by atoms with Crippen molar-refractivity contribution in [1.82, 2.24) is 0 Å². The number of aliphatic hydroxyl groups is 2. The van der Waals surface area contributed by atoms with Gasteiger partial charge in [0.1, 0.15) is 6.10 Å². The first kappa shape index (κ1) is 45.8. The molecule has 0 aliphatic heterocycles. The van der Waals surface area contributed by atoms with Crippen molar-refractivity contribution in [3.8, 4) is 48.4 Å². The smallest absolute Gasteiger partial charge is 0.176 e. The van der Waals surface area contributed by atoms with Crippen LogP contribution < -0.4 is 0 Å². The van der Waals surface area contributed by atoms with E-state index in [9.17, 15) is 15.0 Å². The Morgan fingerprint density at radius 1 is 0.531 bits per heavy atom. The normalized spacial score (nSPS) is 12.5. The first-order chi connectivity index (χ1) is 24.1. The molecule has 0 heterocycles. The predicted molar refractivity (Wildman–Crippen MR) is 211 cm³/mol. The summed E-state index contributed by atoms with van der Waals surface area (Å²) in [5.74, 6) is 16.8. The van der Waals surface area contributed by atoms with Crippen molar-refractivity contribution in [2.75, 3.05) is 0 Å². The van der Waals surface area contributed by atoms with Gasteiger partial charge >= 0.3 is 0 Å². The topological polar surface area (TPSA) is 57.5 Å². The highest BCUT2D eigenvalue weighted by Gasteiger charge is 1.97. The summed E-state index contributed by atoms with van der Waals surface area (Å²) in [6, 6.07) is 0. The molecular formula is C46H68O3. The number of carbonyl (C=O) groups excluding carboxylic acids is 1. The number of hydrogen-bond donors (Lipinski definition) is 2. The molecule has 0 aliphatic carbocycles. The molecule has 2 unspecified atom stereocenters. The zero-order chi connectivity index (χ0) is 35.7. The first-order valence-electron chi connectivity index (χ1n) is 19.5. The Morgan fingerprint density at radius 2 is 0.959 bits per heavy atom. The predicted octanol–water partition coefficient (Wildman–Crippen LogP) is 11.3. The molecule has 0 aromatic rings. The Hall–Kier alpha value is -3.21. The third kappa shape index (κ3) is 39.1. The molecule has 2 atom stereocenters. The van der Waals surface area contributed by atoms with Gasteiger partial charge < -0.3 is 10.2 Å². The van der Waals surface area contributed by atoms with Gasteiger partial charge in [-0.3, -0.25) is 4.79 Å². The van der Waals surface area contributed by atoms with E-state index in [2.05, 4.69) is 59.8 Å². The molecule has 0 bridgehead atoms. The fourth-order valence-electron chi connectivity index (χ4n) is 5.32. The second kappa shape index (κ2) is 39.2. The van der Waals surface area contributed by atoms with E-state index in [4.69, 9.17) is 12.8 Å². The van der Waals surface area contributed by atoms with Crippen LogP contribution in [-0.4, -0.2) is 28.2 Å². The lowest BCUT2D eigenvalue weighted by Gasteiger charge is -2.02. The summed E-state index contributed by atoms with van der Waals surface area (Å²) in [6.45, 7) is 0. The molecular weight excluding hydrogens is 601 g/mol. The second-order valence-electron chi connectivity index (χ2n) is 12.9. The van der Waals surface area contributed by atoms with E-state index in [-0.39, 0.29) is 5.78 Å². The van der Waals surface area contributed by atoms with Gasteiger partial charge in [-0.25, -0.2) is 0 Å². The number of ketones is 1. The van der Waals surface area contributed by atoms with Crippen LogP contribution in [0.1, 0.15) is 173 Å². The van der Waals surface area contributed by atoms with Crippen molar-refractivity contribution in [1.29, 1.82) is 0 Å². The molecule has 270 valence electrons. The lowest BCUT2D eigenvalue weighted by molar-refractivity contribution is -0.114. The lowest BCUT2D eigenvalue weighted by Crippen LogP contribution is -1.97. The highest BCUT2D eigenvalue weighted by molar-refractivity contribution is 5.89. The van der Waals surface area contributed by atoms with Crippen LogP contribution in [0.3, 0.4) is 0 Å². The van der Waals surface area contributed by atoms with Crippen molar-refractivity contribution in [2.45, 2.75) is 186 Å². The standard InChI is InChI=1S/C46H68O3/c1-3-5-6-7-8-9-10-11-12-13-14-15-16-19-25-30-35-40-45(48)41-36-31-26-20-17-18-21-27-32-37-42-46(49)43-38-33-28-23-22-24-29-34-39-44(47)4-2/h1-2,5-6,17,20,34-35,39-40,44,46-47,49H,7-16,18-19,21-33,36,41H2. The summed E-state index contributed by atoms with van der Waals surface area (Å²) in [4.78, 5) is 12.1. The molecule has 2 N–H and O–H groups in total. The molecule has 0 rings (SSSR count). The van der Waals surface area contributed by atoms with Crippen LogP contribution in [0.25, 0.3) is 0 Å². The van der Waals surface area contributed by atoms with E-state index >= 15 is 0 Å². The fraction of sp³-hybridized carbons (Fsp3) is 0.630. The van der Waals surface area contributed by atoms with Crippen molar-refractivity contribution in [3.05, 3.63) is 48.6 Å². The summed E-state index contributed by atoms with van der Waals surface area (Å²) in [7, 11) is 0. The van der Waals surface area contributed by atoms with Gasteiger partial charge in [-0.2, -0.15) is 0 Å². The summed E-state index contributed by atoms with van der Waals surface area (Å²) < 4.78 is 0. The Balaban J connectivity index is 3.51. The molecule has 0 fully saturated rings. The Kier molecular flexibility index (Phi) is 36.7. The Morgan fingerprint density at radius 3 is 1.51 bits per heavy atom. The van der Waals surface area contributed by atoms with Gasteiger partial charge in [0.15, 0.2) is 11.9 Å². The maximum Gasteiger partial charge on any atom is 0.176 e. The van der Waals surface area contributed by atoms with Gasteiger partial charge in [0.2, 0.25) is 0 Å². The van der Waals surface area contributed by atoms with Gasteiger partial charge in [-0.15, -0.1) is 12.8 Å². The van der Waals surface area contributed by atoms with E-state index < -0.39 is 12.2 Å². The zero-order valence-corrected chi connectivity index (χ0v) is 30.8. The van der Waals surface area contributed by atoms with Gasteiger partial charge in [0.25, 0.3) is 0 Å². The van der Waals surface area contributed by atoms with Crippen molar-refractivity contribution >= 4 is 5.78 Å². The number of allylic oxidation sites excluding steroid dienone is 7. The largest absolute Gasteiger partial charge is 0.377 e. The van der Waals surface area contributed by atoms with Gasteiger partial charge in [-0.05, 0) is 102 Å². The third-order valence-corrected chi connectivity index (χ3v) is 8.28. The van der Waals surface area contributed by atoms with Crippen molar-refractivity contribution < 1.29 is 15.0 Å². The van der Waals surface area contributed by atoms with E-state index in [0.717, 1.165) is 96.3 Å². The average Bonchev–Trinajstić information content (AvgIpc) is 3.10. The number of aliphatic hydroxyl groups excluding tert-OH is 2. The molecule has 0 aromatic heterocycles. The van der Waals surface area contributed by atoms with Crippen LogP contribution in [0.2, 0.25) is 0 Å². The van der Waals surface area contributed by atoms with E-state index in [0.29, 0.717) is 6.42 Å². The monoisotopic (exact) mass is 669 g/mol. The number of hydrogen-bond acceptors (Lipinski definition) is 3. The average molecular weight is 669 g/mol. The number of carbonyl (C=O) groups is 1. The maximum absolute atomic E-state index is 12.1. The molecule has 0 amide bonds. The van der Waals surface area contributed by atoms with Crippen LogP contribution in [0.15, 0.2) is 48.6 Å². The van der Waals surface area contributed by atoms with Crippen LogP contribution in [0.5, 0.6) is 0 Å². The Bertz CT molecular complexity index is 1100. The highest BCUT2D eigenvalue weighted by Crippen LogP contribution is 2.13. The van der Waals surface area contributed by atoms with Crippen molar-refractivity contribution in [2.24, 2.45) is 0 Å². The van der Waals surface area contributed by atoms with E-state index in [1.807, 2.05) is 6.08 Å². The third-order valence-electron chi connectivity index (χ3n) is 8.28. The number of terminal acetylenes is 2. The molecule has 49 heavy (non-hydrogen) atoms. The molecule has 0 radical (unpaired) electrons. The SMILES string of the molecule is C#CC=CCCCCCCCCCCCCCC=CC(=O)CCCCC=CCCCCC#CC(O)C#CCCCCCCC=CC(O)C#C. The Labute approximate surface area is 302 Å². The molecule has 0 aromatic carbocycles. The van der Waals surface area contributed by atoms with Gasteiger partial charge in [0.05, 0.1) is 0 Å². The summed E-state index contributed by atoms with van der Waals surface area (Å²) in [5, 5.41) is 19.1. The van der Waals surface area contributed by atoms with Crippen molar-refractivity contribution in [3.63, 3.8) is 0 Å². The minimum Gasteiger partial charge on any atom is -0.377 e. The number of unbranched alkanes of at least 4 members (excludes halogenated alkanes) is 22. The molecule has 0 saturated carbocycles. The van der Waals surface area contributed by atoms with Gasteiger partial charge in [-0.1, -0.05) is 137 Å². The quantitative estimate of drug-likeness (QED) is 0.0334. The summed E-state index contributed by atoms with van der Waals surface area (Å²) >= 11 is 0. The maximum atomic E-state index is 12.1. The van der Waals surface area contributed by atoms with E-state index in [1.165, 1.54) is 70.6 Å². The molecule has 0 spiro atoms. The molecule has 3 heteroatoms. The summed E-state index contributed by atoms with van der Waals surface area (Å²) in [5.41, 5.74) is 0. The fourth-order valence-corrected chi connectivity index (χ4v) is 5.32. The van der Waals surface area contributed by atoms with Gasteiger partial charge in [0, 0.05) is 19.3 Å². The highest BCUT2D eigenvalue weighted by atomic mass is 16.3. The van der Waals surface area contributed by atoms with Crippen LogP contribution in [-0.2, 0) is 4.79 Å². The zero-order valence-electron chi connectivity index (χ0n) is 30.8. The minimum atomic E-state index is -0.857. The number of rotatable bonds is 31.